The van der Waals surface area contributed by atoms with E-state index in [4.69, 9.17) is 0 Å². The molecule has 1 nitrogen and oxygen atoms in total. The van der Waals surface area contributed by atoms with E-state index in [0.717, 1.165) is 6.42 Å². The Balaban J connectivity index is 2.67. The Hall–Kier alpha value is -0.850. The summed E-state index contributed by atoms with van der Waals surface area (Å²) in [6, 6.07) is 0. The summed E-state index contributed by atoms with van der Waals surface area (Å²) in [6.07, 6.45) is 7.24. The number of rotatable bonds is 1. The van der Waals surface area contributed by atoms with Crippen LogP contribution in [0.2, 0.25) is 0 Å². The van der Waals surface area contributed by atoms with Crippen LogP contribution in [0.15, 0.2) is 24.8 Å². The van der Waals surface area contributed by atoms with Crippen molar-refractivity contribution in [3.05, 3.63) is 24.8 Å². The van der Waals surface area contributed by atoms with Crippen LogP contribution in [0.1, 0.15) is 12.8 Å². The van der Waals surface area contributed by atoms with Gasteiger partial charge in [-0.3, -0.25) is 4.79 Å². The molecule has 0 fully saturated rings. The van der Waals surface area contributed by atoms with Crippen LogP contribution in [-0.2, 0) is 4.79 Å². The van der Waals surface area contributed by atoms with E-state index in [0.29, 0.717) is 12.2 Å². The van der Waals surface area contributed by atoms with Gasteiger partial charge in [0.2, 0.25) is 0 Å². The summed E-state index contributed by atoms with van der Waals surface area (Å²) in [4.78, 5) is 10.9. The van der Waals surface area contributed by atoms with Crippen molar-refractivity contribution in [2.45, 2.75) is 12.8 Å². The summed E-state index contributed by atoms with van der Waals surface area (Å²) in [5.41, 5.74) is 0. The molecule has 0 saturated carbocycles. The molecule has 0 bridgehead atoms. The summed E-state index contributed by atoms with van der Waals surface area (Å²) in [5.74, 6) is 0.297. The number of Topliss-reactive ketones (excluding diaryl/α,β-unsaturated/α-hetero) is 1. The Bertz CT molecular complexity index is 156. The Morgan fingerprint density at radius 1 is 1.78 bits per heavy atom. The Kier molecular flexibility index (Phi) is 1.83. The third-order valence-corrected chi connectivity index (χ3v) is 1.53. The van der Waals surface area contributed by atoms with Crippen LogP contribution in [-0.4, -0.2) is 5.78 Å². The van der Waals surface area contributed by atoms with Crippen molar-refractivity contribution >= 4 is 5.78 Å². The second kappa shape index (κ2) is 2.62. The van der Waals surface area contributed by atoms with Gasteiger partial charge in [-0.1, -0.05) is 18.2 Å². The van der Waals surface area contributed by atoms with Crippen LogP contribution in [0.3, 0.4) is 0 Å². The van der Waals surface area contributed by atoms with E-state index in [1.807, 2.05) is 12.2 Å². The van der Waals surface area contributed by atoms with Crippen LogP contribution < -0.4 is 0 Å². The summed E-state index contributed by atoms with van der Waals surface area (Å²) in [5, 5.41) is 0. The van der Waals surface area contributed by atoms with Crippen molar-refractivity contribution in [1.82, 2.24) is 0 Å². The lowest BCUT2D eigenvalue weighted by Crippen LogP contribution is -2.11. The third kappa shape index (κ3) is 1.28. The number of carbonyl (C=O) groups is 1. The second-order valence-corrected chi connectivity index (χ2v) is 2.19. The van der Waals surface area contributed by atoms with E-state index in [-0.39, 0.29) is 5.92 Å². The number of hydrogen-bond donors (Lipinski definition) is 0. The van der Waals surface area contributed by atoms with Crippen LogP contribution >= 0.6 is 0 Å². The molecule has 0 heterocycles. The van der Waals surface area contributed by atoms with Gasteiger partial charge >= 0.3 is 0 Å². The van der Waals surface area contributed by atoms with Crippen molar-refractivity contribution < 1.29 is 4.79 Å². The van der Waals surface area contributed by atoms with Crippen molar-refractivity contribution in [3.8, 4) is 0 Å². The first-order chi connectivity index (χ1) is 4.34. The fourth-order valence-corrected chi connectivity index (χ4v) is 0.952. The first-order valence-corrected chi connectivity index (χ1v) is 3.16. The van der Waals surface area contributed by atoms with E-state index in [9.17, 15) is 4.79 Å². The summed E-state index contributed by atoms with van der Waals surface area (Å²) < 4.78 is 0. The zero-order valence-electron chi connectivity index (χ0n) is 5.34. The minimum atomic E-state index is -0.00116. The molecule has 1 heteroatoms. The fourth-order valence-electron chi connectivity index (χ4n) is 0.952. The predicted molar refractivity (Wildman–Crippen MR) is 37.1 cm³/mol. The highest BCUT2D eigenvalue weighted by atomic mass is 16.1. The van der Waals surface area contributed by atoms with E-state index in [2.05, 4.69) is 6.58 Å². The van der Waals surface area contributed by atoms with Crippen LogP contribution in [0, 0.1) is 5.92 Å². The number of carbonyl (C=O) groups excluding carboxylic acids is 1. The average Bonchev–Trinajstić information content (AvgIpc) is 1.89. The lowest BCUT2D eigenvalue weighted by atomic mass is 9.95. The largest absolute Gasteiger partial charge is 0.299 e. The number of hydrogen-bond acceptors (Lipinski definition) is 1. The third-order valence-electron chi connectivity index (χ3n) is 1.53. The van der Waals surface area contributed by atoms with Crippen LogP contribution in [0.4, 0.5) is 0 Å². The molecule has 9 heavy (non-hydrogen) atoms. The lowest BCUT2D eigenvalue weighted by molar-refractivity contribution is -0.120. The van der Waals surface area contributed by atoms with E-state index in [1.165, 1.54) is 0 Å². The molecule has 1 aliphatic carbocycles. The molecule has 0 aromatic heterocycles. The molecule has 0 amide bonds. The van der Waals surface area contributed by atoms with E-state index >= 15 is 0 Å². The average molecular weight is 122 g/mol. The quantitative estimate of drug-likeness (QED) is 0.484. The molecule has 0 spiro atoms. The van der Waals surface area contributed by atoms with Crippen LogP contribution in [0.25, 0.3) is 0 Å². The number of ketones is 1. The Morgan fingerprint density at radius 2 is 2.56 bits per heavy atom. The van der Waals surface area contributed by atoms with Crippen molar-refractivity contribution in [2.24, 2.45) is 5.92 Å². The zero-order valence-corrected chi connectivity index (χ0v) is 5.34. The normalized spacial score (nSPS) is 26.2. The number of allylic oxidation sites excluding steroid dienone is 3. The van der Waals surface area contributed by atoms with Gasteiger partial charge in [0.1, 0.15) is 5.78 Å². The first-order valence-electron chi connectivity index (χ1n) is 3.16. The maximum atomic E-state index is 10.9. The molecule has 1 atom stereocenters. The van der Waals surface area contributed by atoms with Crippen molar-refractivity contribution in [2.75, 3.05) is 0 Å². The molecule has 0 aromatic rings. The minimum Gasteiger partial charge on any atom is -0.299 e. The summed E-state index contributed by atoms with van der Waals surface area (Å²) in [6.45, 7) is 3.56. The van der Waals surface area contributed by atoms with Gasteiger partial charge in [-0.25, -0.2) is 0 Å². The van der Waals surface area contributed by atoms with E-state index in [1.54, 1.807) is 6.08 Å². The zero-order chi connectivity index (χ0) is 6.69. The predicted octanol–water partition coefficient (Wildman–Crippen LogP) is 1.71. The SMILES string of the molecule is C=CC1C=CCCC1=O. The molecule has 0 N–H and O–H groups in total. The van der Waals surface area contributed by atoms with Gasteiger partial charge in [-0.15, -0.1) is 6.58 Å². The second-order valence-electron chi connectivity index (χ2n) is 2.19. The van der Waals surface area contributed by atoms with Gasteiger partial charge in [-0.2, -0.15) is 0 Å². The molecule has 0 saturated heterocycles. The molecule has 0 aromatic carbocycles. The van der Waals surface area contributed by atoms with Gasteiger partial charge < -0.3 is 0 Å². The standard InChI is InChI=1S/C8H10O/c1-2-7-5-3-4-6-8(7)9/h2-3,5,7H,1,4,6H2. The molecule has 1 aliphatic rings. The summed E-state index contributed by atoms with van der Waals surface area (Å²) >= 11 is 0. The Labute approximate surface area is 55.1 Å². The van der Waals surface area contributed by atoms with Gasteiger partial charge in [-0.05, 0) is 6.42 Å². The topological polar surface area (TPSA) is 17.1 Å². The van der Waals surface area contributed by atoms with Gasteiger partial charge in [0.25, 0.3) is 0 Å². The van der Waals surface area contributed by atoms with Crippen molar-refractivity contribution in [1.29, 1.82) is 0 Å². The minimum absolute atomic E-state index is 0.00116. The maximum Gasteiger partial charge on any atom is 0.143 e. The fraction of sp³-hybridized carbons (Fsp3) is 0.375. The van der Waals surface area contributed by atoms with Gasteiger partial charge in [0.05, 0.1) is 5.92 Å². The lowest BCUT2D eigenvalue weighted by Gasteiger charge is -2.08. The van der Waals surface area contributed by atoms with Gasteiger partial charge in [0, 0.05) is 6.42 Å². The Morgan fingerprint density at radius 3 is 3.00 bits per heavy atom. The molecule has 1 unspecified atom stereocenters. The van der Waals surface area contributed by atoms with Crippen LogP contribution in [0.5, 0.6) is 0 Å². The smallest absolute Gasteiger partial charge is 0.143 e. The highest BCUT2D eigenvalue weighted by molar-refractivity contribution is 5.85. The van der Waals surface area contributed by atoms with Crippen molar-refractivity contribution in [3.63, 3.8) is 0 Å². The maximum absolute atomic E-state index is 10.9. The molecular formula is C8H10O. The molecule has 48 valence electrons. The molecule has 0 aliphatic heterocycles. The molecule has 1 rings (SSSR count). The first kappa shape index (κ1) is 6.27. The molecule has 0 radical (unpaired) electrons. The van der Waals surface area contributed by atoms with E-state index < -0.39 is 0 Å². The molecular weight excluding hydrogens is 112 g/mol. The summed E-state index contributed by atoms with van der Waals surface area (Å²) in [7, 11) is 0. The monoisotopic (exact) mass is 122 g/mol. The van der Waals surface area contributed by atoms with Gasteiger partial charge in [0.15, 0.2) is 0 Å². The highest BCUT2D eigenvalue weighted by Gasteiger charge is 2.12. The highest BCUT2D eigenvalue weighted by Crippen LogP contribution is 2.13.